The minimum Gasteiger partial charge on any atom is -0.370 e. The van der Waals surface area contributed by atoms with Gasteiger partial charge in [0.25, 0.3) is 0 Å². The van der Waals surface area contributed by atoms with Gasteiger partial charge in [-0.2, -0.15) is 0 Å². The summed E-state index contributed by atoms with van der Waals surface area (Å²) < 4.78 is 1.87. The molecular formula is C18H23N5O3S. The van der Waals surface area contributed by atoms with Gasteiger partial charge in [0, 0.05) is 30.6 Å². The van der Waals surface area contributed by atoms with E-state index in [4.69, 9.17) is 5.73 Å². The molecule has 0 saturated heterocycles. The number of amides is 2. The van der Waals surface area contributed by atoms with Crippen molar-refractivity contribution in [3.63, 3.8) is 0 Å². The van der Waals surface area contributed by atoms with Crippen LogP contribution in [-0.4, -0.2) is 37.6 Å². The Bertz CT molecular complexity index is 849. The number of thioether (sulfide) groups is 1. The van der Waals surface area contributed by atoms with Crippen LogP contribution in [0.1, 0.15) is 43.4 Å². The van der Waals surface area contributed by atoms with Crippen molar-refractivity contribution in [2.75, 3.05) is 5.32 Å². The van der Waals surface area contributed by atoms with Crippen LogP contribution in [0.2, 0.25) is 0 Å². The van der Waals surface area contributed by atoms with Crippen molar-refractivity contribution in [3.8, 4) is 0 Å². The van der Waals surface area contributed by atoms with Gasteiger partial charge in [0.15, 0.2) is 10.9 Å². The number of benzene rings is 1. The van der Waals surface area contributed by atoms with Gasteiger partial charge >= 0.3 is 0 Å². The molecule has 27 heavy (non-hydrogen) atoms. The summed E-state index contributed by atoms with van der Waals surface area (Å²) in [6.45, 7) is 5.82. The number of aromatic nitrogens is 3. The summed E-state index contributed by atoms with van der Waals surface area (Å²) in [5, 5.41) is 11.2. The van der Waals surface area contributed by atoms with E-state index in [9.17, 15) is 14.4 Å². The van der Waals surface area contributed by atoms with Crippen LogP contribution in [0.3, 0.4) is 0 Å². The molecule has 0 aliphatic carbocycles. The molecule has 3 N–H and O–H groups in total. The van der Waals surface area contributed by atoms with E-state index in [1.54, 1.807) is 31.2 Å². The summed E-state index contributed by atoms with van der Waals surface area (Å²) in [4.78, 5) is 34.9. The fourth-order valence-electron chi connectivity index (χ4n) is 2.42. The van der Waals surface area contributed by atoms with Crippen LogP contribution in [0.25, 0.3) is 0 Å². The molecule has 0 unspecified atom stereocenters. The molecule has 0 radical (unpaired) electrons. The molecule has 0 bridgehead atoms. The Balaban J connectivity index is 2.05. The molecule has 0 fully saturated rings. The summed E-state index contributed by atoms with van der Waals surface area (Å²) >= 11 is 1.28. The third-order valence-electron chi connectivity index (χ3n) is 3.89. The zero-order valence-corrected chi connectivity index (χ0v) is 16.4. The Morgan fingerprint density at radius 1 is 1.30 bits per heavy atom. The maximum atomic E-state index is 12.5. The van der Waals surface area contributed by atoms with Crippen LogP contribution in [0.5, 0.6) is 0 Å². The van der Waals surface area contributed by atoms with Crippen LogP contribution in [0.15, 0.2) is 29.4 Å². The predicted molar refractivity (Wildman–Crippen MR) is 104 cm³/mol. The first-order chi connectivity index (χ1) is 12.8. The summed E-state index contributed by atoms with van der Waals surface area (Å²) in [7, 11) is 0. The molecule has 0 aliphatic heterocycles. The minimum absolute atomic E-state index is 0.0620. The zero-order chi connectivity index (χ0) is 20.0. The van der Waals surface area contributed by atoms with E-state index in [-0.39, 0.29) is 18.1 Å². The molecule has 1 aromatic heterocycles. The first-order valence-corrected chi connectivity index (χ1v) is 9.48. The molecule has 0 saturated carbocycles. The van der Waals surface area contributed by atoms with Crippen LogP contribution < -0.4 is 11.1 Å². The van der Waals surface area contributed by atoms with Gasteiger partial charge in [0.2, 0.25) is 11.8 Å². The Labute approximate surface area is 161 Å². The van der Waals surface area contributed by atoms with Crippen LogP contribution >= 0.6 is 11.8 Å². The number of nitrogens with zero attached hydrogens (tertiary/aromatic N) is 3. The largest absolute Gasteiger partial charge is 0.370 e. The van der Waals surface area contributed by atoms with Gasteiger partial charge in [-0.05, 0) is 32.9 Å². The van der Waals surface area contributed by atoms with Crippen molar-refractivity contribution < 1.29 is 14.4 Å². The fourth-order valence-corrected chi connectivity index (χ4v) is 3.35. The number of hydrogen-bond donors (Lipinski definition) is 2. The second-order valence-electron chi connectivity index (χ2n) is 6.00. The number of Topliss-reactive ketones (excluding diaryl/α,β-unsaturated/α-hetero) is 1. The SMILES string of the molecule is CCn1c(CCC(N)=O)nnc1S[C@H](C)C(=O)Nc1cccc(C(C)=O)c1. The summed E-state index contributed by atoms with van der Waals surface area (Å²) in [6, 6.07) is 6.81. The second-order valence-corrected chi connectivity index (χ2v) is 7.30. The van der Waals surface area contributed by atoms with Crippen LogP contribution in [0, 0.1) is 0 Å². The Morgan fingerprint density at radius 2 is 2.04 bits per heavy atom. The minimum atomic E-state index is -0.426. The van der Waals surface area contributed by atoms with Crippen LogP contribution in [-0.2, 0) is 22.6 Å². The standard InChI is InChI=1S/C18H23N5O3S/c1-4-23-16(9-8-15(19)25)21-22-18(23)27-12(3)17(26)20-14-7-5-6-13(10-14)11(2)24/h5-7,10,12H,4,8-9H2,1-3H3,(H2,19,25)(H,20,26)/t12-/m1/s1. The van der Waals surface area contributed by atoms with Gasteiger partial charge in [-0.25, -0.2) is 0 Å². The van der Waals surface area contributed by atoms with E-state index < -0.39 is 11.2 Å². The maximum absolute atomic E-state index is 12.5. The fraction of sp³-hybridized carbons (Fsp3) is 0.389. The summed E-state index contributed by atoms with van der Waals surface area (Å²) in [5.41, 5.74) is 6.29. The van der Waals surface area contributed by atoms with Gasteiger partial charge in [0.1, 0.15) is 5.82 Å². The highest BCUT2D eigenvalue weighted by molar-refractivity contribution is 8.00. The Morgan fingerprint density at radius 3 is 2.67 bits per heavy atom. The van der Waals surface area contributed by atoms with E-state index in [1.165, 1.54) is 18.7 Å². The van der Waals surface area contributed by atoms with Gasteiger partial charge in [-0.1, -0.05) is 23.9 Å². The molecule has 144 valence electrons. The lowest BCUT2D eigenvalue weighted by Crippen LogP contribution is -2.23. The smallest absolute Gasteiger partial charge is 0.237 e. The first-order valence-electron chi connectivity index (χ1n) is 8.60. The number of nitrogens with one attached hydrogen (secondary N) is 1. The number of aryl methyl sites for hydroxylation is 1. The lowest BCUT2D eigenvalue weighted by Gasteiger charge is -2.13. The van der Waals surface area contributed by atoms with Crippen molar-refractivity contribution in [1.29, 1.82) is 0 Å². The molecule has 2 amide bonds. The molecule has 9 heteroatoms. The quantitative estimate of drug-likeness (QED) is 0.500. The first kappa shape index (κ1) is 20.6. The third kappa shape index (κ3) is 5.65. The highest BCUT2D eigenvalue weighted by Crippen LogP contribution is 2.24. The highest BCUT2D eigenvalue weighted by atomic mass is 32.2. The Kier molecular flexibility index (Phi) is 7.12. The molecule has 8 nitrogen and oxygen atoms in total. The third-order valence-corrected chi connectivity index (χ3v) is 4.97. The molecule has 0 spiro atoms. The molecule has 2 aromatic rings. The number of carbonyl (C=O) groups is 3. The number of primary amides is 1. The predicted octanol–water partition coefficient (Wildman–Crippen LogP) is 2.04. The molecule has 2 rings (SSSR count). The number of ketones is 1. The highest BCUT2D eigenvalue weighted by Gasteiger charge is 2.20. The number of anilines is 1. The van der Waals surface area contributed by atoms with E-state index >= 15 is 0 Å². The van der Waals surface area contributed by atoms with E-state index in [2.05, 4.69) is 15.5 Å². The van der Waals surface area contributed by atoms with Crippen LogP contribution in [0.4, 0.5) is 5.69 Å². The number of nitrogens with two attached hydrogens (primary N) is 1. The maximum Gasteiger partial charge on any atom is 0.237 e. The Hall–Kier alpha value is -2.68. The van der Waals surface area contributed by atoms with Gasteiger partial charge < -0.3 is 15.6 Å². The lowest BCUT2D eigenvalue weighted by atomic mass is 10.1. The zero-order valence-electron chi connectivity index (χ0n) is 15.6. The average molecular weight is 389 g/mol. The average Bonchev–Trinajstić information content (AvgIpc) is 3.01. The van der Waals surface area contributed by atoms with Gasteiger partial charge in [-0.3, -0.25) is 14.4 Å². The van der Waals surface area contributed by atoms with Crippen molar-refractivity contribution >= 4 is 35.0 Å². The van der Waals surface area contributed by atoms with Crippen molar-refractivity contribution in [1.82, 2.24) is 14.8 Å². The summed E-state index contributed by atoms with van der Waals surface area (Å²) in [5.74, 6) is 0.00839. The van der Waals surface area contributed by atoms with E-state index in [0.29, 0.717) is 35.2 Å². The summed E-state index contributed by atoms with van der Waals surface area (Å²) in [6.07, 6.45) is 0.612. The molecular weight excluding hydrogens is 366 g/mol. The van der Waals surface area contributed by atoms with Gasteiger partial charge in [-0.15, -0.1) is 10.2 Å². The molecule has 0 aliphatic rings. The number of carbonyl (C=O) groups excluding carboxylic acids is 3. The van der Waals surface area contributed by atoms with E-state index in [0.717, 1.165) is 0 Å². The van der Waals surface area contributed by atoms with Crippen molar-refractivity contribution in [3.05, 3.63) is 35.7 Å². The molecule has 1 aromatic carbocycles. The van der Waals surface area contributed by atoms with Crippen molar-refractivity contribution in [2.24, 2.45) is 5.73 Å². The topological polar surface area (TPSA) is 120 Å². The molecule has 1 heterocycles. The number of hydrogen-bond acceptors (Lipinski definition) is 6. The lowest BCUT2D eigenvalue weighted by molar-refractivity contribution is -0.118. The molecule has 1 atom stereocenters. The monoisotopic (exact) mass is 389 g/mol. The van der Waals surface area contributed by atoms with Crippen molar-refractivity contribution in [2.45, 2.75) is 50.6 Å². The normalized spacial score (nSPS) is 11.8. The van der Waals surface area contributed by atoms with E-state index in [1.807, 2.05) is 11.5 Å². The second kappa shape index (κ2) is 9.31. The van der Waals surface area contributed by atoms with Gasteiger partial charge in [0.05, 0.1) is 5.25 Å². The number of rotatable bonds is 9.